The Morgan fingerprint density at radius 2 is 1.69 bits per heavy atom. The van der Waals surface area contributed by atoms with E-state index in [1.807, 2.05) is 61.6 Å². The molecule has 2 heterocycles. The van der Waals surface area contributed by atoms with Crippen molar-refractivity contribution in [2.75, 3.05) is 60.1 Å². The molecule has 0 fully saturated rings. The highest BCUT2D eigenvalue weighted by Crippen LogP contribution is 2.33. The Balaban J connectivity index is 1.43. The number of anilines is 1. The summed E-state index contributed by atoms with van der Waals surface area (Å²) in [6.45, 7) is 0.840. The molecule has 11 nitrogen and oxygen atoms in total. The normalized spacial score (nSPS) is 11.8. The van der Waals surface area contributed by atoms with Gasteiger partial charge in [-0.25, -0.2) is 4.98 Å². The first kappa shape index (κ1) is 28.5. The lowest BCUT2D eigenvalue weighted by molar-refractivity contribution is -0.117. The van der Waals surface area contributed by atoms with Gasteiger partial charge in [0, 0.05) is 36.5 Å². The number of fused-ring (bicyclic) bond motifs is 1. The van der Waals surface area contributed by atoms with E-state index in [-0.39, 0.29) is 19.2 Å². The molecule has 0 spiro atoms. The van der Waals surface area contributed by atoms with E-state index < -0.39 is 5.91 Å². The molecule has 11 heteroatoms. The second-order valence-corrected chi connectivity index (χ2v) is 9.87. The van der Waals surface area contributed by atoms with Gasteiger partial charge in [0.15, 0.2) is 23.0 Å². The summed E-state index contributed by atoms with van der Waals surface area (Å²) in [6.07, 6.45) is 1.84. The number of imidazole rings is 1. The van der Waals surface area contributed by atoms with Crippen molar-refractivity contribution >= 4 is 17.8 Å². The van der Waals surface area contributed by atoms with Gasteiger partial charge in [0.1, 0.15) is 6.54 Å². The van der Waals surface area contributed by atoms with E-state index in [2.05, 4.69) is 5.32 Å². The zero-order chi connectivity index (χ0) is 29.6. The minimum Gasteiger partial charge on any atom is -0.493 e. The van der Waals surface area contributed by atoms with Gasteiger partial charge >= 0.3 is 0 Å². The van der Waals surface area contributed by atoms with Crippen molar-refractivity contribution < 1.29 is 28.5 Å². The van der Waals surface area contributed by atoms with Crippen molar-refractivity contribution in [3.63, 3.8) is 0 Å². The van der Waals surface area contributed by atoms with Gasteiger partial charge in [0.05, 0.1) is 25.6 Å². The number of ether oxygens (including phenoxy) is 4. The number of carbonyl (C=O) groups excluding carboxylic acids is 2. The molecule has 0 aliphatic carbocycles. The summed E-state index contributed by atoms with van der Waals surface area (Å²) in [6, 6.07) is 20.1. The topological polar surface area (TPSA) is 107 Å². The minimum absolute atomic E-state index is 0.109. The monoisotopic (exact) mass is 571 g/mol. The second kappa shape index (κ2) is 12.6. The molecule has 218 valence electrons. The van der Waals surface area contributed by atoms with E-state index in [0.717, 1.165) is 5.56 Å². The van der Waals surface area contributed by atoms with Crippen LogP contribution in [-0.4, -0.2) is 85.9 Å². The molecular weight excluding hydrogens is 538 g/mol. The van der Waals surface area contributed by atoms with Crippen molar-refractivity contribution in [3.05, 3.63) is 78.5 Å². The van der Waals surface area contributed by atoms with Gasteiger partial charge in [0.2, 0.25) is 18.6 Å². The number of hydrogen-bond donors (Lipinski definition) is 1. The van der Waals surface area contributed by atoms with Gasteiger partial charge in [-0.2, -0.15) is 0 Å². The van der Waals surface area contributed by atoms with Crippen LogP contribution >= 0.6 is 0 Å². The number of amides is 2. The molecule has 2 amide bonds. The molecule has 0 radical (unpaired) electrons. The van der Waals surface area contributed by atoms with E-state index in [1.165, 1.54) is 4.90 Å². The molecule has 4 aromatic rings. The van der Waals surface area contributed by atoms with Crippen LogP contribution in [0.25, 0.3) is 16.9 Å². The molecule has 1 aliphatic rings. The van der Waals surface area contributed by atoms with Crippen LogP contribution in [0, 0.1) is 0 Å². The fourth-order valence-electron chi connectivity index (χ4n) is 4.51. The molecule has 0 atom stereocenters. The summed E-state index contributed by atoms with van der Waals surface area (Å²) in [5.41, 5.74) is 2.67. The third kappa shape index (κ3) is 6.31. The number of methoxy groups -OCH3 is 2. The van der Waals surface area contributed by atoms with Crippen molar-refractivity contribution in [2.24, 2.45) is 0 Å². The van der Waals surface area contributed by atoms with E-state index in [9.17, 15) is 9.59 Å². The van der Waals surface area contributed by atoms with Gasteiger partial charge in [-0.15, -0.1) is 0 Å². The highest BCUT2D eigenvalue weighted by atomic mass is 16.7. The molecule has 0 unspecified atom stereocenters. The van der Waals surface area contributed by atoms with Crippen LogP contribution in [0.5, 0.6) is 23.0 Å². The third-order valence-electron chi connectivity index (χ3n) is 6.73. The standard InChI is InChI=1S/C31H33N5O6/c1-34(2)14-15-35(30(38)22-10-12-26-28(16-22)42-20-41-26)19-29(37)33-31-32-24(21-8-6-5-7-9-21)18-36(31)23-11-13-25(39-3)27(17-23)40-4/h5-13,16-18H,14-15,19-20H2,1-4H3,(H,32,33,37). The fourth-order valence-corrected chi connectivity index (χ4v) is 4.51. The highest BCUT2D eigenvalue weighted by molar-refractivity contribution is 5.99. The summed E-state index contributed by atoms with van der Waals surface area (Å²) in [5.74, 6) is 1.81. The number of likely N-dealkylation sites (N-methyl/N-ethyl adjacent to an activating group) is 1. The average Bonchev–Trinajstić information content (AvgIpc) is 3.65. The Morgan fingerprint density at radius 1 is 0.929 bits per heavy atom. The maximum atomic E-state index is 13.5. The Bertz CT molecular complexity index is 1570. The molecular formula is C31H33N5O6. The Kier molecular flexibility index (Phi) is 8.58. The van der Waals surface area contributed by atoms with Crippen molar-refractivity contribution in [1.29, 1.82) is 0 Å². The number of aromatic nitrogens is 2. The molecule has 42 heavy (non-hydrogen) atoms. The first-order valence-corrected chi connectivity index (χ1v) is 13.4. The molecule has 0 bridgehead atoms. The average molecular weight is 572 g/mol. The number of nitrogens with one attached hydrogen (secondary N) is 1. The van der Waals surface area contributed by atoms with E-state index in [4.69, 9.17) is 23.9 Å². The van der Waals surface area contributed by atoms with Crippen LogP contribution in [0.15, 0.2) is 72.9 Å². The summed E-state index contributed by atoms with van der Waals surface area (Å²) in [5, 5.41) is 2.92. The van der Waals surface area contributed by atoms with Crippen LogP contribution < -0.4 is 24.3 Å². The Labute approximate surface area is 244 Å². The quantitative estimate of drug-likeness (QED) is 0.289. The fraction of sp³-hybridized carbons (Fsp3) is 0.258. The zero-order valence-corrected chi connectivity index (χ0v) is 24.0. The van der Waals surface area contributed by atoms with Crippen molar-refractivity contribution in [3.8, 4) is 39.9 Å². The van der Waals surface area contributed by atoms with E-state index >= 15 is 0 Å². The maximum Gasteiger partial charge on any atom is 0.254 e. The molecule has 1 N–H and O–H groups in total. The molecule has 1 aliphatic heterocycles. The third-order valence-corrected chi connectivity index (χ3v) is 6.73. The summed E-state index contributed by atoms with van der Waals surface area (Å²) in [7, 11) is 6.95. The lowest BCUT2D eigenvalue weighted by Crippen LogP contribution is -2.41. The van der Waals surface area contributed by atoms with E-state index in [0.29, 0.717) is 59.0 Å². The van der Waals surface area contributed by atoms with Crippen LogP contribution in [0.2, 0.25) is 0 Å². The predicted octanol–water partition coefficient (Wildman–Crippen LogP) is 3.93. The predicted molar refractivity (Wildman–Crippen MR) is 158 cm³/mol. The number of nitrogens with zero attached hydrogens (tertiary/aromatic N) is 4. The Morgan fingerprint density at radius 3 is 2.43 bits per heavy atom. The van der Waals surface area contributed by atoms with Gasteiger partial charge in [-0.3, -0.25) is 19.5 Å². The summed E-state index contributed by atoms with van der Waals surface area (Å²) < 4.78 is 23.5. The summed E-state index contributed by atoms with van der Waals surface area (Å²) >= 11 is 0. The van der Waals surface area contributed by atoms with Crippen molar-refractivity contribution in [2.45, 2.75) is 0 Å². The van der Waals surface area contributed by atoms with Gasteiger partial charge in [0.25, 0.3) is 5.91 Å². The smallest absolute Gasteiger partial charge is 0.254 e. The number of rotatable bonds is 11. The van der Waals surface area contributed by atoms with E-state index in [1.54, 1.807) is 49.1 Å². The first-order valence-electron chi connectivity index (χ1n) is 13.4. The van der Waals surface area contributed by atoms with Crippen LogP contribution in [0.4, 0.5) is 5.95 Å². The molecule has 1 aromatic heterocycles. The van der Waals surface area contributed by atoms with Gasteiger partial charge < -0.3 is 28.7 Å². The molecule has 0 saturated carbocycles. The SMILES string of the molecule is COc1ccc(-n2cc(-c3ccccc3)nc2NC(=O)CN(CCN(C)C)C(=O)c2ccc3c(c2)OCO3)cc1OC. The molecule has 5 rings (SSSR count). The van der Waals surface area contributed by atoms with Gasteiger partial charge in [-0.1, -0.05) is 30.3 Å². The number of carbonyl (C=O) groups is 2. The lowest BCUT2D eigenvalue weighted by atomic mass is 10.1. The van der Waals surface area contributed by atoms with Crippen LogP contribution in [0.3, 0.4) is 0 Å². The zero-order valence-electron chi connectivity index (χ0n) is 24.0. The van der Waals surface area contributed by atoms with Gasteiger partial charge in [-0.05, 0) is 44.4 Å². The second-order valence-electron chi connectivity index (χ2n) is 9.87. The summed E-state index contributed by atoms with van der Waals surface area (Å²) in [4.78, 5) is 35.2. The number of benzene rings is 3. The maximum absolute atomic E-state index is 13.5. The van der Waals surface area contributed by atoms with Crippen LogP contribution in [-0.2, 0) is 4.79 Å². The first-order chi connectivity index (χ1) is 20.4. The lowest BCUT2D eigenvalue weighted by Gasteiger charge is -2.24. The largest absolute Gasteiger partial charge is 0.493 e. The minimum atomic E-state index is -0.394. The van der Waals surface area contributed by atoms with Crippen molar-refractivity contribution in [1.82, 2.24) is 19.4 Å². The number of hydrogen-bond acceptors (Lipinski definition) is 8. The molecule has 3 aromatic carbocycles. The molecule has 0 saturated heterocycles. The Hall–Kier alpha value is -5.03. The highest BCUT2D eigenvalue weighted by Gasteiger charge is 2.24. The van der Waals surface area contributed by atoms with Crippen LogP contribution in [0.1, 0.15) is 10.4 Å².